The number of aliphatic carboxylic acids is 1. The lowest BCUT2D eigenvalue weighted by Gasteiger charge is -2.35. The van der Waals surface area contributed by atoms with Gasteiger partial charge in [-0.3, -0.25) is 9.69 Å². The van der Waals surface area contributed by atoms with Crippen molar-refractivity contribution in [2.75, 3.05) is 13.6 Å². The third-order valence-corrected chi connectivity index (χ3v) is 3.50. The molecule has 0 bridgehead atoms. The van der Waals surface area contributed by atoms with Crippen LogP contribution in [0.15, 0.2) is 24.3 Å². The summed E-state index contributed by atoms with van der Waals surface area (Å²) in [5.74, 6) is -0.728. The number of phenols is 1. The highest BCUT2D eigenvalue weighted by Crippen LogP contribution is 2.33. The highest BCUT2D eigenvalue weighted by molar-refractivity contribution is 5.70. The van der Waals surface area contributed by atoms with Crippen LogP contribution < -0.4 is 0 Å². The van der Waals surface area contributed by atoms with Gasteiger partial charge in [-0.05, 0) is 44.1 Å². The molecule has 0 saturated carbocycles. The van der Waals surface area contributed by atoms with Crippen LogP contribution in [0.1, 0.15) is 24.4 Å². The van der Waals surface area contributed by atoms with Crippen LogP contribution in [0, 0.1) is 5.92 Å². The number of carboxylic acid groups (broad SMARTS) is 1. The van der Waals surface area contributed by atoms with Crippen LogP contribution in [0.4, 0.5) is 0 Å². The summed E-state index contributed by atoms with van der Waals surface area (Å²) in [7, 11) is 2.01. The van der Waals surface area contributed by atoms with E-state index in [1.807, 2.05) is 19.2 Å². The predicted molar refractivity (Wildman–Crippen MR) is 63.8 cm³/mol. The zero-order chi connectivity index (χ0) is 12.4. The van der Waals surface area contributed by atoms with E-state index in [0.29, 0.717) is 12.8 Å². The van der Waals surface area contributed by atoms with Crippen LogP contribution in [0.2, 0.25) is 0 Å². The SMILES string of the molecule is CN1CCC(C(=O)O)CC1c1ccc(O)cc1. The Kier molecular flexibility index (Phi) is 3.33. The molecule has 1 aliphatic rings. The van der Waals surface area contributed by atoms with Gasteiger partial charge in [0.05, 0.1) is 5.92 Å². The lowest BCUT2D eigenvalue weighted by Crippen LogP contribution is -2.36. The standard InChI is InChI=1S/C13H17NO3/c1-14-7-6-10(13(16)17)8-12(14)9-2-4-11(15)5-3-9/h2-5,10,12,15H,6-8H2,1H3,(H,16,17). The summed E-state index contributed by atoms with van der Waals surface area (Å²) in [6, 6.07) is 7.15. The van der Waals surface area contributed by atoms with E-state index < -0.39 is 5.97 Å². The molecule has 92 valence electrons. The van der Waals surface area contributed by atoms with Gasteiger partial charge in [-0.25, -0.2) is 0 Å². The summed E-state index contributed by atoms with van der Waals surface area (Å²) < 4.78 is 0. The van der Waals surface area contributed by atoms with Crippen LogP contribution >= 0.6 is 0 Å². The Bertz CT molecular complexity index is 402. The number of nitrogens with zero attached hydrogens (tertiary/aromatic N) is 1. The van der Waals surface area contributed by atoms with Gasteiger partial charge >= 0.3 is 5.97 Å². The maximum absolute atomic E-state index is 11.0. The molecule has 0 radical (unpaired) electrons. The first-order valence-corrected chi connectivity index (χ1v) is 5.80. The molecular weight excluding hydrogens is 218 g/mol. The molecule has 2 N–H and O–H groups in total. The van der Waals surface area contributed by atoms with E-state index in [1.54, 1.807) is 12.1 Å². The fourth-order valence-electron chi connectivity index (χ4n) is 2.39. The molecule has 17 heavy (non-hydrogen) atoms. The lowest BCUT2D eigenvalue weighted by molar-refractivity contribution is -0.144. The van der Waals surface area contributed by atoms with Crippen LogP contribution in [0.5, 0.6) is 5.75 Å². The second-order valence-electron chi connectivity index (χ2n) is 4.65. The smallest absolute Gasteiger partial charge is 0.306 e. The Morgan fingerprint density at radius 1 is 1.35 bits per heavy atom. The molecule has 2 unspecified atom stereocenters. The maximum Gasteiger partial charge on any atom is 0.306 e. The van der Waals surface area contributed by atoms with Gasteiger partial charge in [0.15, 0.2) is 0 Å². The second-order valence-corrected chi connectivity index (χ2v) is 4.65. The van der Waals surface area contributed by atoms with Gasteiger partial charge in [-0.1, -0.05) is 12.1 Å². The quantitative estimate of drug-likeness (QED) is 0.821. The fraction of sp³-hybridized carbons (Fsp3) is 0.462. The Morgan fingerprint density at radius 3 is 2.59 bits per heavy atom. The fourth-order valence-corrected chi connectivity index (χ4v) is 2.39. The summed E-state index contributed by atoms with van der Waals surface area (Å²) in [6.07, 6.45) is 1.34. The number of phenolic OH excluding ortho intramolecular Hbond substituents is 1. The number of carbonyl (C=O) groups is 1. The minimum absolute atomic E-state index is 0.130. The van der Waals surface area contributed by atoms with Crippen LogP contribution in [0.25, 0.3) is 0 Å². The maximum atomic E-state index is 11.0. The number of rotatable bonds is 2. The first-order chi connectivity index (χ1) is 8.08. The average molecular weight is 235 g/mol. The second kappa shape index (κ2) is 4.75. The van der Waals surface area contributed by atoms with Crippen molar-refractivity contribution in [1.82, 2.24) is 4.90 Å². The highest BCUT2D eigenvalue weighted by Gasteiger charge is 2.30. The summed E-state index contributed by atoms with van der Waals surface area (Å²) in [4.78, 5) is 13.2. The topological polar surface area (TPSA) is 60.8 Å². The molecule has 1 fully saturated rings. The number of hydrogen-bond donors (Lipinski definition) is 2. The van der Waals surface area contributed by atoms with Crippen molar-refractivity contribution >= 4 is 5.97 Å². The molecule has 0 amide bonds. The molecule has 1 aromatic rings. The van der Waals surface area contributed by atoms with Crippen molar-refractivity contribution < 1.29 is 15.0 Å². The van der Waals surface area contributed by atoms with Gasteiger partial charge in [0, 0.05) is 6.04 Å². The highest BCUT2D eigenvalue weighted by atomic mass is 16.4. The Balaban J connectivity index is 2.17. The van der Waals surface area contributed by atoms with Gasteiger partial charge in [0.2, 0.25) is 0 Å². The first kappa shape index (κ1) is 11.9. The molecular formula is C13H17NO3. The van der Waals surface area contributed by atoms with Crippen molar-refractivity contribution in [3.63, 3.8) is 0 Å². The minimum atomic E-state index is -0.707. The van der Waals surface area contributed by atoms with Gasteiger partial charge in [-0.2, -0.15) is 0 Å². The van der Waals surface area contributed by atoms with E-state index in [9.17, 15) is 9.90 Å². The molecule has 4 nitrogen and oxygen atoms in total. The molecule has 0 spiro atoms. The van der Waals surface area contributed by atoms with Crippen molar-refractivity contribution in [3.8, 4) is 5.75 Å². The largest absolute Gasteiger partial charge is 0.508 e. The van der Waals surface area contributed by atoms with E-state index in [1.165, 1.54) is 0 Å². The molecule has 1 heterocycles. The van der Waals surface area contributed by atoms with Crippen molar-refractivity contribution in [3.05, 3.63) is 29.8 Å². The van der Waals surface area contributed by atoms with Gasteiger partial charge < -0.3 is 10.2 Å². The summed E-state index contributed by atoms with van der Waals surface area (Å²) >= 11 is 0. The van der Waals surface area contributed by atoms with E-state index in [2.05, 4.69) is 4.90 Å². The monoisotopic (exact) mass is 235 g/mol. The number of hydrogen-bond acceptors (Lipinski definition) is 3. The molecule has 2 rings (SSSR count). The molecule has 1 saturated heterocycles. The third kappa shape index (κ3) is 2.58. The molecule has 1 aromatic carbocycles. The zero-order valence-corrected chi connectivity index (χ0v) is 9.84. The number of aromatic hydroxyl groups is 1. The summed E-state index contributed by atoms with van der Waals surface area (Å²) in [6.45, 7) is 0.794. The van der Waals surface area contributed by atoms with E-state index in [-0.39, 0.29) is 17.7 Å². The van der Waals surface area contributed by atoms with Crippen molar-refractivity contribution in [2.24, 2.45) is 5.92 Å². The molecule has 0 aromatic heterocycles. The Morgan fingerprint density at radius 2 is 2.00 bits per heavy atom. The Labute approximate surface area is 100 Å². The van der Waals surface area contributed by atoms with Gasteiger partial charge in [0.25, 0.3) is 0 Å². The number of carboxylic acids is 1. The number of benzene rings is 1. The lowest BCUT2D eigenvalue weighted by atomic mass is 9.87. The van der Waals surface area contributed by atoms with Crippen molar-refractivity contribution in [1.29, 1.82) is 0 Å². The molecule has 0 aliphatic carbocycles. The van der Waals surface area contributed by atoms with Gasteiger partial charge in [-0.15, -0.1) is 0 Å². The number of piperidine rings is 1. The van der Waals surface area contributed by atoms with Crippen LogP contribution in [0.3, 0.4) is 0 Å². The molecule has 1 aliphatic heterocycles. The van der Waals surface area contributed by atoms with Gasteiger partial charge in [0.1, 0.15) is 5.75 Å². The van der Waals surface area contributed by atoms with E-state index in [4.69, 9.17) is 5.11 Å². The molecule has 2 atom stereocenters. The van der Waals surface area contributed by atoms with Crippen molar-refractivity contribution in [2.45, 2.75) is 18.9 Å². The third-order valence-electron chi connectivity index (χ3n) is 3.50. The summed E-state index contributed by atoms with van der Waals surface area (Å²) in [5, 5.41) is 18.3. The van der Waals surface area contributed by atoms with Crippen LogP contribution in [-0.2, 0) is 4.79 Å². The predicted octanol–water partition coefficient (Wildman–Crippen LogP) is 1.86. The minimum Gasteiger partial charge on any atom is -0.508 e. The van der Waals surface area contributed by atoms with E-state index >= 15 is 0 Å². The first-order valence-electron chi connectivity index (χ1n) is 5.80. The molecule has 4 heteroatoms. The van der Waals surface area contributed by atoms with E-state index in [0.717, 1.165) is 12.1 Å². The van der Waals surface area contributed by atoms with Crippen LogP contribution in [-0.4, -0.2) is 34.7 Å². The zero-order valence-electron chi connectivity index (χ0n) is 9.84. The Hall–Kier alpha value is -1.55. The number of likely N-dealkylation sites (tertiary alicyclic amines) is 1. The normalized spacial score (nSPS) is 25.7. The summed E-state index contributed by atoms with van der Waals surface area (Å²) in [5.41, 5.74) is 1.07. The average Bonchev–Trinajstić information content (AvgIpc) is 2.31.